The Bertz CT molecular complexity index is 2140. The largest absolute Gasteiger partial charge is 0.334 e. The minimum atomic E-state index is 0.251. The molecule has 0 amide bonds. The molecule has 0 radical (unpaired) electrons. The van der Waals surface area contributed by atoms with Gasteiger partial charge in [0.05, 0.1) is 6.04 Å². The molecule has 0 saturated carbocycles. The molecule has 6 aromatic rings. The molecule has 0 saturated heterocycles. The van der Waals surface area contributed by atoms with Crippen LogP contribution < -0.4 is 9.80 Å². The van der Waals surface area contributed by atoms with Gasteiger partial charge < -0.3 is 9.80 Å². The van der Waals surface area contributed by atoms with Gasteiger partial charge in [0.15, 0.2) is 0 Å². The lowest BCUT2D eigenvalue weighted by atomic mass is 9.99. The maximum Gasteiger partial charge on any atom is 0.0559 e. The van der Waals surface area contributed by atoms with Gasteiger partial charge >= 0.3 is 0 Å². The maximum absolute atomic E-state index is 2.45. The van der Waals surface area contributed by atoms with Gasteiger partial charge in [-0.25, -0.2) is 0 Å². The van der Waals surface area contributed by atoms with Crippen molar-refractivity contribution >= 4 is 34.0 Å². The van der Waals surface area contributed by atoms with Crippen molar-refractivity contribution in [2.24, 2.45) is 0 Å². The fourth-order valence-electron chi connectivity index (χ4n) is 7.01. The van der Waals surface area contributed by atoms with Gasteiger partial charge in [-0.05, 0) is 113 Å². The van der Waals surface area contributed by atoms with Gasteiger partial charge in [0.25, 0.3) is 0 Å². The van der Waals surface area contributed by atoms with Crippen molar-refractivity contribution in [2.45, 2.75) is 25.3 Å². The molecule has 242 valence electrons. The third kappa shape index (κ3) is 6.74. The molecule has 50 heavy (non-hydrogen) atoms. The SMILES string of the molecule is C1=CCC(N(c2ccc(-c3ccccc3)cc2)c2ccc(-c3ccc(N(c4ccccc4)c4ccc(C5=CCCC=C5)cc4)cc3)cc2)C=C1. The molecule has 0 aromatic heterocycles. The molecule has 0 bridgehead atoms. The molecule has 2 aliphatic carbocycles. The van der Waals surface area contributed by atoms with Gasteiger partial charge in [0.2, 0.25) is 0 Å². The van der Waals surface area contributed by atoms with E-state index in [1.165, 1.54) is 44.8 Å². The standard InChI is InChI=1S/C48H40N2/c1-5-13-37(14-6-1)39-21-29-45(30-22-39)49(43-17-9-3-10-18-43)47-33-25-41(26-34-47)42-27-35-48(36-28-42)50(44-19-11-4-12-20-44)46-31-23-40(24-32-46)38-15-7-2-8-16-38/h1,3-7,9-17,19-36,43H,2,8,18H2. The number of nitrogens with zero attached hydrogens (tertiary/aromatic N) is 2. The third-order valence-corrected chi connectivity index (χ3v) is 9.61. The smallest absolute Gasteiger partial charge is 0.0559 e. The Morgan fingerprint density at radius 1 is 0.400 bits per heavy atom. The average molecular weight is 645 g/mol. The Hall–Kier alpha value is -6.12. The molecule has 2 aliphatic rings. The molecule has 0 fully saturated rings. The van der Waals surface area contributed by atoms with Crippen LogP contribution in [0.1, 0.15) is 24.8 Å². The van der Waals surface area contributed by atoms with E-state index in [1.54, 1.807) is 0 Å². The fraction of sp³-hybridized carbons (Fsp3) is 0.0833. The number of benzene rings is 6. The summed E-state index contributed by atoms with van der Waals surface area (Å²) in [6, 6.07) is 57.3. The normalized spacial score (nSPS) is 15.0. The summed E-state index contributed by atoms with van der Waals surface area (Å²) in [6.45, 7) is 0. The zero-order valence-corrected chi connectivity index (χ0v) is 28.1. The molecule has 8 rings (SSSR count). The van der Waals surface area contributed by atoms with E-state index >= 15 is 0 Å². The fourth-order valence-corrected chi connectivity index (χ4v) is 7.01. The Morgan fingerprint density at radius 3 is 1.38 bits per heavy atom. The molecule has 0 aliphatic heterocycles. The minimum Gasteiger partial charge on any atom is -0.334 e. The van der Waals surface area contributed by atoms with E-state index in [2.05, 4.69) is 210 Å². The van der Waals surface area contributed by atoms with Crippen molar-refractivity contribution < 1.29 is 0 Å². The first-order valence-electron chi connectivity index (χ1n) is 17.6. The van der Waals surface area contributed by atoms with Gasteiger partial charge in [0.1, 0.15) is 0 Å². The molecule has 2 nitrogen and oxygen atoms in total. The summed E-state index contributed by atoms with van der Waals surface area (Å²) < 4.78 is 0. The van der Waals surface area contributed by atoms with Crippen LogP contribution in [0.15, 0.2) is 200 Å². The summed E-state index contributed by atoms with van der Waals surface area (Å²) in [5, 5.41) is 0. The second-order valence-electron chi connectivity index (χ2n) is 12.8. The first-order chi connectivity index (χ1) is 24.8. The van der Waals surface area contributed by atoms with Crippen LogP contribution in [0.3, 0.4) is 0 Å². The van der Waals surface area contributed by atoms with Gasteiger partial charge in [0, 0.05) is 28.4 Å². The number of allylic oxidation sites excluding steroid dienone is 6. The molecule has 2 heteroatoms. The van der Waals surface area contributed by atoms with E-state index < -0.39 is 0 Å². The van der Waals surface area contributed by atoms with E-state index in [9.17, 15) is 0 Å². The number of para-hydroxylation sites is 1. The van der Waals surface area contributed by atoms with Crippen molar-refractivity contribution in [1.82, 2.24) is 0 Å². The highest BCUT2D eigenvalue weighted by Crippen LogP contribution is 2.38. The van der Waals surface area contributed by atoms with Crippen LogP contribution in [0.25, 0.3) is 27.8 Å². The van der Waals surface area contributed by atoms with Crippen LogP contribution in [0.4, 0.5) is 28.4 Å². The quantitative estimate of drug-likeness (QED) is 0.155. The molecule has 1 unspecified atom stereocenters. The van der Waals surface area contributed by atoms with Crippen molar-refractivity contribution in [3.05, 3.63) is 206 Å². The second kappa shape index (κ2) is 14.6. The van der Waals surface area contributed by atoms with Gasteiger partial charge in [-0.1, -0.05) is 140 Å². The molecule has 0 N–H and O–H groups in total. The molecule has 0 heterocycles. The number of anilines is 5. The number of rotatable bonds is 9. The highest BCUT2D eigenvalue weighted by Gasteiger charge is 2.20. The monoisotopic (exact) mass is 644 g/mol. The van der Waals surface area contributed by atoms with Crippen molar-refractivity contribution in [2.75, 3.05) is 9.80 Å². The zero-order valence-electron chi connectivity index (χ0n) is 28.1. The first kappa shape index (κ1) is 31.2. The van der Waals surface area contributed by atoms with Crippen molar-refractivity contribution in [3.8, 4) is 22.3 Å². The minimum absolute atomic E-state index is 0.251. The van der Waals surface area contributed by atoms with Crippen LogP contribution in [0.2, 0.25) is 0 Å². The summed E-state index contributed by atoms with van der Waals surface area (Å²) in [5.74, 6) is 0. The van der Waals surface area contributed by atoms with Crippen LogP contribution in [-0.2, 0) is 0 Å². The predicted molar refractivity (Wildman–Crippen MR) is 214 cm³/mol. The third-order valence-electron chi connectivity index (χ3n) is 9.61. The summed E-state index contributed by atoms with van der Waals surface area (Å²) in [4.78, 5) is 4.78. The molecular formula is C48H40N2. The Labute approximate surface area is 296 Å². The van der Waals surface area contributed by atoms with Crippen LogP contribution in [-0.4, -0.2) is 6.04 Å². The number of hydrogen-bond acceptors (Lipinski definition) is 2. The topological polar surface area (TPSA) is 6.48 Å². The second-order valence-corrected chi connectivity index (χ2v) is 12.8. The Kier molecular flexibility index (Phi) is 9.07. The van der Waals surface area contributed by atoms with Gasteiger partial charge in [-0.15, -0.1) is 0 Å². The molecule has 6 aromatic carbocycles. The summed E-state index contributed by atoms with van der Waals surface area (Å²) >= 11 is 0. The lowest BCUT2D eigenvalue weighted by molar-refractivity contribution is 0.785. The lowest BCUT2D eigenvalue weighted by Crippen LogP contribution is -2.29. The summed E-state index contributed by atoms with van der Waals surface area (Å²) in [6.07, 6.45) is 18.9. The highest BCUT2D eigenvalue weighted by molar-refractivity contribution is 5.81. The van der Waals surface area contributed by atoms with Crippen molar-refractivity contribution in [3.63, 3.8) is 0 Å². The van der Waals surface area contributed by atoms with Crippen LogP contribution in [0, 0.1) is 0 Å². The predicted octanol–water partition coefficient (Wildman–Crippen LogP) is 13.2. The van der Waals surface area contributed by atoms with E-state index in [1.807, 2.05) is 0 Å². The van der Waals surface area contributed by atoms with E-state index in [-0.39, 0.29) is 6.04 Å². The summed E-state index contributed by atoms with van der Waals surface area (Å²) in [7, 11) is 0. The van der Waals surface area contributed by atoms with E-state index in [4.69, 9.17) is 0 Å². The van der Waals surface area contributed by atoms with Crippen LogP contribution >= 0.6 is 0 Å². The summed E-state index contributed by atoms with van der Waals surface area (Å²) in [5.41, 5.74) is 13.2. The van der Waals surface area contributed by atoms with E-state index in [0.29, 0.717) is 0 Å². The Morgan fingerprint density at radius 2 is 0.880 bits per heavy atom. The lowest BCUT2D eigenvalue weighted by Gasteiger charge is -2.33. The highest BCUT2D eigenvalue weighted by atomic mass is 15.2. The maximum atomic E-state index is 2.45. The molecule has 1 atom stereocenters. The van der Waals surface area contributed by atoms with Crippen molar-refractivity contribution in [1.29, 1.82) is 0 Å². The van der Waals surface area contributed by atoms with Gasteiger partial charge in [-0.3, -0.25) is 0 Å². The van der Waals surface area contributed by atoms with E-state index in [0.717, 1.165) is 36.3 Å². The molecule has 0 spiro atoms. The Balaban J connectivity index is 1.06. The molecular weight excluding hydrogens is 605 g/mol. The zero-order chi connectivity index (χ0) is 33.5. The van der Waals surface area contributed by atoms with Crippen LogP contribution in [0.5, 0.6) is 0 Å². The number of hydrogen-bond donors (Lipinski definition) is 0. The average Bonchev–Trinajstić information content (AvgIpc) is 3.21. The first-order valence-corrected chi connectivity index (χ1v) is 17.6. The van der Waals surface area contributed by atoms with Gasteiger partial charge in [-0.2, -0.15) is 0 Å².